The number of nitrogens with zero attached hydrogens (tertiary/aromatic N) is 6. The van der Waals surface area contributed by atoms with E-state index >= 15 is 0 Å². The van der Waals surface area contributed by atoms with Crippen LogP contribution in [0.4, 0.5) is 5.69 Å². The monoisotopic (exact) mass is 614 g/mol. The highest BCUT2D eigenvalue weighted by Crippen LogP contribution is 2.36. The summed E-state index contributed by atoms with van der Waals surface area (Å²) in [5.41, 5.74) is 2.84. The van der Waals surface area contributed by atoms with Gasteiger partial charge in [-0.3, -0.25) is 9.59 Å². The molecule has 0 saturated carbocycles. The fraction of sp³-hybridized carbons (Fsp3) is 0.379. The van der Waals surface area contributed by atoms with Crippen LogP contribution in [0.3, 0.4) is 0 Å². The standard InChI is InChI=1S/C29H29Cl3N6O3/c1-35-25-14-23(31)22(30)13-21(25)26(27(35)32)29(40)36-11-9-17(15-36)12-18-16-38(34-33-18)24-4-3-10-37(28(24)39)19-5-7-20(41-2)8-6-19/h5-8,13-14,16-17,24H,3-4,9-12,15H2,1-2H3. The number of amides is 2. The van der Waals surface area contributed by atoms with Gasteiger partial charge in [0.15, 0.2) is 0 Å². The lowest BCUT2D eigenvalue weighted by atomic mass is 10.0. The van der Waals surface area contributed by atoms with Gasteiger partial charge in [-0.25, -0.2) is 4.68 Å². The first-order valence-corrected chi connectivity index (χ1v) is 14.7. The van der Waals surface area contributed by atoms with Gasteiger partial charge < -0.3 is 19.1 Å². The Balaban J connectivity index is 1.13. The molecule has 0 spiro atoms. The van der Waals surface area contributed by atoms with Crippen LogP contribution in [0.1, 0.15) is 41.4 Å². The fourth-order valence-electron chi connectivity index (χ4n) is 5.92. The Morgan fingerprint density at radius 1 is 1.07 bits per heavy atom. The number of methoxy groups -OCH3 is 1. The molecule has 2 fully saturated rings. The molecule has 0 bridgehead atoms. The fourth-order valence-corrected chi connectivity index (χ4v) is 6.51. The number of hydrogen-bond acceptors (Lipinski definition) is 5. The number of likely N-dealkylation sites (tertiary alicyclic amines) is 1. The first kappa shape index (κ1) is 27.9. The first-order valence-electron chi connectivity index (χ1n) is 13.5. The molecule has 2 aliphatic heterocycles. The van der Waals surface area contributed by atoms with E-state index in [0.717, 1.165) is 35.5 Å². The SMILES string of the molecule is COc1ccc(N2CCCC(n3cc(CC4CCN(C(=O)c5c(Cl)n(C)c6cc(Cl)c(Cl)cc56)C4)nn3)C2=O)cc1. The molecule has 2 aromatic carbocycles. The number of piperidine rings is 1. The quantitative estimate of drug-likeness (QED) is 0.273. The topological polar surface area (TPSA) is 85.5 Å². The van der Waals surface area contributed by atoms with Crippen LogP contribution in [-0.2, 0) is 18.3 Å². The van der Waals surface area contributed by atoms with E-state index in [4.69, 9.17) is 39.5 Å². The van der Waals surface area contributed by atoms with Crippen molar-refractivity contribution in [1.29, 1.82) is 0 Å². The Labute approximate surface area is 252 Å². The zero-order valence-corrected chi connectivity index (χ0v) is 25.0. The average molecular weight is 616 g/mol. The summed E-state index contributed by atoms with van der Waals surface area (Å²) in [4.78, 5) is 30.6. The molecular weight excluding hydrogens is 587 g/mol. The number of carbonyl (C=O) groups is 2. The van der Waals surface area contributed by atoms with Gasteiger partial charge in [0.25, 0.3) is 11.8 Å². The molecule has 12 heteroatoms. The van der Waals surface area contributed by atoms with Gasteiger partial charge >= 0.3 is 0 Å². The van der Waals surface area contributed by atoms with Crippen LogP contribution in [0.15, 0.2) is 42.6 Å². The molecule has 0 N–H and O–H groups in total. The Morgan fingerprint density at radius 3 is 2.59 bits per heavy atom. The molecule has 2 atom stereocenters. The Hall–Kier alpha value is -3.27. The number of hydrogen-bond donors (Lipinski definition) is 0. The minimum absolute atomic E-state index is 0.00358. The van der Waals surface area contributed by atoms with Gasteiger partial charge in [0.05, 0.1) is 33.9 Å². The smallest absolute Gasteiger partial charge is 0.257 e. The summed E-state index contributed by atoms with van der Waals surface area (Å²) in [6.07, 6.45) is 4.95. The Morgan fingerprint density at radius 2 is 1.83 bits per heavy atom. The second-order valence-electron chi connectivity index (χ2n) is 10.7. The van der Waals surface area contributed by atoms with Crippen molar-refractivity contribution in [2.75, 3.05) is 31.6 Å². The van der Waals surface area contributed by atoms with E-state index in [9.17, 15) is 9.59 Å². The van der Waals surface area contributed by atoms with Crippen LogP contribution in [0.25, 0.3) is 10.9 Å². The third-order valence-corrected chi connectivity index (χ3v) is 9.29. The highest BCUT2D eigenvalue weighted by Gasteiger charge is 2.34. The molecule has 41 heavy (non-hydrogen) atoms. The summed E-state index contributed by atoms with van der Waals surface area (Å²) < 4.78 is 8.68. The zero-order chi connectivity index (χ0) is 28.8. The maximum absolute atomic E-state index is 13.6. The largest absolute Gasteiger partial charge is 0.497 e. The van der Waals surface area contributed by atoms with E-state index in [2.05, 4.69) is 10.3 Å². The molecule has 4 heterocycles. The highest BCUT2D eigenvalue weighted by atomic mass is 35.5. The van der Waals surface area contributed by atoms with E-state index in [1.54, 1.807) is 40.4 Å². The van der Waals surface area contributed by atoms with Gasteiger partial charge in [0.1, 0.15) is 16.9 Å². The molecule has 2 aliphatic rings. The summed E-state index contributed by atoms with van der Waals surface area (Å²) in [5.74, 6) is 0.839. The number of ether oxygens (including phenoxy) is 1. The molecule has 9 nitrogen and oxygen atoms in total. The van der Waals surface area contributed by atoms with Crippen molar-refractivity contribution in [1.82, 2.24) is 24.5 Å². The molecule has 2 saturated heterocycles. The summed E-state index contributed by atoms with van der Waals surface area (Å²) in [5, 5.41) is 10.5. The van der Waals surface area contributed by atoms with Crippen LogP contribution in [0.5, 0.6) is 5.75 Å². The predicted octanol–water partition coefficient (Wildman–Crippen LogP) is 5.81. The van der Waals surface area contributed by atoms with Crippen molar-refractivity contribution in [3.63, 3.8) is 0 Å². The molecule has 0 radical (unpaired) electrons. The van der Waals surface area contributed by atoms with Crippen molar-refractivity contribution >= 4 is 63.2 Å². The van der Waals surface area contributed by atoms with Crippen LogP contribution in [0.2, 0.25) is 15.2 Å². The number of rotatable bonds is 6. The van der Waals surface area contributed by atoms with Crippen molar-refractivity contribution in [2.45, 2.75) is 31.7 Å². The van der Waals surface area contributed by atoms with Gasteiger partial charge in [0.2, 0.25) is 0 Å². The summed E-state index contributed by atoms with van der Waals surface area (Å²) in [6.45, 7) is 1.85. The molecule has 2 amide bonds. The predicted molar refractivity (Wildman–Crippen MR) is 159 cm³/mol. The maximum atomic E-state index is 13.6. The zero-order valence-electron chi connectivity index (χ0n) is 22.7. The maximum Gasteiger partial charge on any atom is 0.257 e. The summed E-state index contributed by atoms with van der Waals surface area (Å²) in [6, 6.07) is 10.5. The van der Waals surface area contributed by atoms with E-state index in [0.29, 0.717) is 58.6 Å². The Bertz CT molecular complexity index is 1630. The summed E-state index contributed by atoms with van der Waals surface area (Å²) in [7, 11) is 3.42. The molecule has 2 unspecified atom stereocenters. The van der Waals surface area contributed by atoms with Crippen LogP contribution in [0, 0.1) is 5.92 Å². The third-order valence-electron chi connectivity index (χ3n) is 8.13. The summed E-state index contributed by atoms with van der Waals surface area (Å²) >= 11 is 19.1. The van der Waals surface area contributed by atoms with Gasteiger partial charge in [-0.1, -0.05) is 40.0 Å². The minimum Gasteiger partial charge on any atom is -0.497 e. The van der Waals surface area contributed by atoms with E-state index in [-0.39, 0.29) is 17.7 Å². The van der Waals surface area contributed by atoms with Gasteiger partial charge in [-0.05, 0) is 68.0 Å². The molecular formula is C29H29Cl3N6O3. The van der Waals surface area contributed by atoms with Crippen molar-refractivity contribution in [3.05, 3.63) is 69.1 Å². The highest BCUT2D eigenvalue weighted by molar-refractivity contribution is 6.43. The van der Waals surface area contributed by atoms with Crippen LogP contribution in [-0.4, -0.2) is 63.0 Å². The second kappa shape index (κ2) is 11.2. The molecule has 4 aromatic rings. The molecule has 214 valence electrons. The lowest BCUT2D eigenvalue weighted by molar-refractivity contribution is -0.123. The van der Waals surface area contributed by atoms with Crippen LogP contribution < -0.4 is 9.64 Å². The minimum atomic E-state index is -0.400. The van der Waals surface area contributed by atoms with Crippen molar-refractivity contribution < 1.29 is 14.3 Å². The number of aryl methyl sites for hydroxylation is 1. The normalized spacial score (nSPS) is 19.4. The van der Waals surface area contributed by atoms with E-state index in [1.165, 1.54) is 0 Å². The molecule has 2 aromatic heterocycles. The number of halogens is 3. The van der Waals surface area contributed by atoms with E-state index < -0.39 is 6.04 Å². The number of benzene rings is 2. The number of aromatic nitrogens is 4. The second-order valence-corrected chi connectivity index (χ2v) is 11.8. The lowest BCUT2D eigenvalue weighted by Gasteiger charge is -2.32. The van der Waals surface area contributed by atoms with Gasteiger partial charge in [0, 0.05) is 44.0 Å². The number of fused-ring (bicyclic) bond motifs is 1. The first-order chi connectivity index (χ1) is 19.7. The number of carbonyl (C=O) groups excluding carboxylic acids is 2. The van der Waals surface area contributed by atoms with Crippen LogP contribution >= 0.6 is 34.8 Å². The Kier molecular flexibility index (Phi) is 7.61. The van der Waals surface area contributed by atoms with Crippen molar-refractivity contribution in [2.24, 2.45) is 13.0 Å². The van der Waals surface area contributed by atoms with Gasteiger partial charge in [-0.2, -0.15) is 0 Å². The number of anilines is 1. The van der Waals surface area contributed by atoms with Gasteiger partial charge in [-0.15, -0.1) is 5.10 Å². The lowest BCUT2D eigenvalue weighted by Crippen LogP contribution is -2.42. The van der Waals surface area contributed by atoms with Crippen molar-refractivity contribution in [3.8, 4) is 5.75 Å². The molecule has 0 aliphatic carbocycles. The third kappa shape index (κ3) is 5.15. The molecule has 6 rings (SSSR count). The average Bonchev–Trinajstić information content (AvgIpc) is 3.69. The van der Waals surface area contributed by atoms with E-state index in [1.807, 2.05) is 35.4 Å².